The Morgan fingerprint density at radius 3 is 1.33 bits per heavy atom. The number of fused-ring (bicyclic) bond motifs is 6. The minimum absolute atomic E-state index is 0.908. The van der Waals surface area contributed by atoms with Gasteiger partial charge in [-0.3, -0.25) is 0 Å². The monoisotopic (exact) mass is 501 g/mol. The van der Waals surface area contributed by atoms with Gasteiger partial charge in [-0.2, -0.15) is 0 Å². The number of nitrogens with one attached hydrogen (secondary N) is 1. The van der Waals surface area contributed by atoms with E-state index in [1.807, 2.05) is 24.3 Å². The SMILES string of the molecule is c1cc(Nc2cccc(-c3cccc4c3oc3ccccc34)c2)cc(-c2cccc3c2oc2ccccc23)c1. The molecule has 0 fully saturated rings. The Balaban J connectivity index is 1.17. The molecule has 0 saturated heterocycles. The normalized spacial score (nSPS) is 11.6. The Hall–Kier alpha value is -5.28. The standard InChI is InChI=1S/C36H23NO2/c1-3-19-33-29(13-1)31-17-7-15-27(35(31)38-33)23-9-5-11-25(21-23)37-26-12-6-10-24(22-26)28-16-8-18-32-30-14-2-4-20-34(30)39-36(28)32/h1-22,37H. The fourth-order valence-electron chi connectivity index (χ4n) is 5.64. The van der Waals surface area contributed by atoms with Crippen LogP contribution in [0.3, 0.4) is 0 Å². The summed E-state index contributed by atoms with van der Waals surface area (Å²) in [4.78, 5) is 0. The number of para-hydroxylation sites is 4. The lowest BCUT2D eigenvalue weighted by Gasteiger charge is -2.11. The zero-order valence-electron chi connectivity index (χ0n) is 21.0. The summed E-state index contributed by atoms with van der Waals surface area (Å²) in [5.74, 6) is 0. The number of hydrogen-bond donors (Lipinski definition) is 1. The van der Waals surface area contributed by atoms with Gasteiger partial charge >= 0.3 is 0 Å². The van der Waals surface area contributed by atoms with Gasteiger partial charge in [-0.1, -0.05) is 97.1 Å². The molecular weight excluding hydrogens is 478 g/mol. The highest BCUT2D eigenvalue weighted by Gasteiger charge is 2.14. The molecule has 2 aromatic heterocycles. The van der Waals surface area contributed by atoms with Crippen molar-refractivity contribution in [1.82, 2.24) is 0 Å². The highest BCUT2D eigenvalue weighted by molar-refractivity contribution is 6.10. The summed E-state index contributed by atoms with van der Waals surface area (Å²) in [6.45, 7) is 0. The minimum Gasteiger partial charge on any atom is -0.455 e. The summed E-state index contributed by atoms with van der Waals surface area (Å²) in [6.07, 6.45) is 0. The molecule has 0 aliphatic rings. The predicted octanol–water partition coefficient (Wildman–Crippen LogP) is 10.6. The highest BCUT2D eigenvalue weighted by atomic mass is 16.3. The first-order valence-electron chi connectivity index (χ1n) is 13.1. The number of anilines is 2. The third-order valence-electron chi connectivity index (χ3n) is 7.44. The molecule has 0 aliphatic heterocycles. The van der Waals surface area contributed by atoms with Crippen molar-refractivity contribution in [2.75, 3.05) is 5.32 Å². The molecule has 0 bridgehead atoms. The van der Waals surface area contributed by atoms with Gasteiger partial charge in [-0.25, -0.2) is 0 Å². The molecule has 0 unspecified atom stereocenters. The van der Waals surface area contributed by atoms with Gasteiger partial charge in [0.2, 0.25) is 0 Å². The van der Waals surface area contributed by atoms with Gasteiger partial charge < -0.3 is 14.2 Å². The molecule has 0 amide bonds. The third-order valence-corrected chi connectivity index (χ3v) is 7.44. The molecule has 2 heterocycles. The van der Waals surface area contributed by atoms with Crippen molar-refractivity contribution < 1.29 is 8.83 Å². The topological polar surface area (TPSA) is 38.3 Å². The molecule has 0 saturated carbocycles. The van der Waals surface area contributed by atoms with Gasteiger partial charge in [-0.05, 0) is 47.5 Å². The molecular formula is C36H23NO2. The number of benzene rings is 6. The van der Waals surface area contributed by atoms with E-state index in [-0.39, 0.29) is 0 Å². The molecule has 6 aromatic carbocycles. The van der Waals surface area contributed by atoms with Crippen LogP contribution in [0.1, 0.15) is 0 Å². The van der Waals surface area contributed by atoms with Crippen LogP contribution in [0.5, 0.6) is 0 Å². The molecule has 8 rings (SSSR count). The maximum absolute atomic E-state index is 6.29. The van der Waals surface area contributed by atoms with Gasteiger partial charge in [0.1, 0.15) is 22.3 Å². The average Bonchev–Trinajstić information content (AvgIpc) is 3.56. The largest absolute Gasteiger partial charge is 0.455 e. The van der Waals surface area contributed by atoms with E-state index in [4.69, 9.17) is 8.83 Å². The molecule has 3 heteroatoms. The molecule has 8 aromatic rings. The molecule has 0 atom stereocenters. The van der Waals surface area contributed by atoms with E-state index in [9.17, 15) is 0 Å². The highest BCUT2D eigenvalue weighted by Crippen LogP contribution is 2.38. The summed E-state index contributed by atoms with van der Waals surface area (Å²) in [6, 6.07) is 46.1. The van der Waals surface area contributed by atoms with E-state index < -0.39 is 0 Å². The lowest BCUT2D eigenvalue weighted by molar-refractivity contribution is 0.669. The first-order valence-corrected chi connectivity index (χ1v) is 13.1. The van der Waals surface area contributed by atoms with Crippen LogP contribution in [0.2, 0.25) is 0 Å². The van der Waals surface area contributed by atoms with E-state index in [0.717, 1.165) is 77.5 Å². The fraction of sp³-hybridized carbons (Fsp3) is 0. The quantitative estimate of drug-likeness (QED) is 0.261. The van der Waals surface area contributed by atoms with Gasteiger partial charge in [-0.15, -0.1) is 0 Å². The zero-order valence-corrected chi connectivity index (χ0v) is 21.0. The van der Waals surface area contributed by atoms with E-state index in [0.29, 0.717) is 0 Å². The van der Waals surface area contributed by atoms with E-state index >= 15 is 0 Å². The Bertz CT molecular complexity index is 2010. The van der Waals surface area contributed by atoms with Crippen molar-refractivity contribution in [2.45, 2.75) is 0 Å². The molecule has 1 N–H and O–H groups in total. The van der Waals surface area contributed by atoms with Crippen LogP contribution >= 0.6 is 0 Å². The Kier molecular flexibility index (Phi) is 4.82. The number of hydrogen-bond acceptors (Lipinski definition) is 3. The second-order valence-electron chi connectivity index (χ2n) is 9.85. The second kappa shape index (κ2) is 8.64. The summed E-state index contributed by atoms with van der Waals surface area (Å²) in [5.41, 5.74) is 10.0. The molecule has 0 radical (unpaired) electrons. The van der Waals surface area contributed by atoms with E-state index in [2.05, 4.69) is 115 Å². The first-order chi connectivity index (χ1) is 19.3. The van der Waals surface area contributed by atoms with Gasteiger partial charge in [0.15, 0.2) is 0 Å². The number of rotatable bonds is 4. The molecule has 0 spiro atoms. The average molecular weight is 502 g/mol. The zero-order chi connectivity index (χ0) is 25.8. The Morgan fingerprint density at radius 2 is 0.821 bits per heavy atom. The Labute approximate surface area is 224 Å². The van der Waals surface area contributed by atoms with Gasteiger partial charge in [0.05, 0.1) is 0 Å². The first kappa shape index (κ1) is 21.8. The van der Waals surface area contributed by atoms with Crippen molar-refractivity contribution in [3.8, 4) is 22.3 Å². The van der Waals surface area contributed by atoms with Crippen LogP contribution in [-0.4, -0.2) is 0 Å². The summed E-state index contributed by atoms with van der Waals surface area (Å²) < 4.78 is 12.6. The number of furan rings is 2. The van der Waals surface area contributed by atoms with E-state index in [1.165, 1.54) is 0 Å². The molecule has 184 valence electrons. The second-order valence-corrected chi connectivity index (χ2v) is 9.85. The lowest BCUT2D eigenvalue weighted by Crippen LogP contribution is -1.91. The maximum Gasteiger partial charge on any atom is 0.143 e. The molecule has 0 aliphatic carbocycles. The van der Waals surface area contributed by atoms with Crippen molar-refractivity contribution in [3.05, 3.63) is 133 Å². The van der Waals surface area contributed by atoms with Crippen LogP contribution in [0.25, 0.3) is 66.1 Å². The van der Waals surface area contributed by atoms with E-state index in [1.54, 1.807) is 0 Å². The summed E-state index contributed by atoms with van der Waals surface area (Å²) in [7, 11) is 0. The predicted molar refractivity (Wildman–Crippen MR) is 162 cm³/mol. The maximum atomic E-state index is 6.29. The lowest BCUT2D eigenvalue weighted by atomic mass is 10.0. The smallest absolute Gasteiger partial charge is 0.143 e. The van der Waals surface area contributed by atoms with Gasteiger partial charge in [0.25, 0.3) is 0 Å². The van der Waals surface area contributed by atoms with Crippen LogP contribution in [-0.2, 0) is 0 Å². The summed E-state index contributed by atoms with van der Waals surface area (Å²) >= 11 is 0. The van der Waals surface area contributed by atoms with Crippen molar-refractivity contribution in [2.24, 2.45) is 0 Å². The van der Waals surface area contributed by atoms with Crippen LogP contribution in [0.4, 0.5) is 11.4 Å². The van der Waals surface area contributed by atoms with Crippen LogP contribution in [0.15, 0.2) is 142 Å². The molecule has 39 heavy (non-hydrogen) atoms. The van der Waals surface area contributed by atoms with Gasteiger partial charge in [0, 0.05) is 44.0 Å². The van der Waals surface area contributed by atoms with Crippen molar-refractivity contribution in [1.29, 1.82) is 0 Å². The van der Waals surface area contributed by atoms with Crippen LogP contribution < -0.4 is 5.32 Å². The fourth-order valence-corrected chi connectivity index (χ4v) is 5.64. The molecule has 3 nitrogen and oxygen atoms in total. The van der Waals surface area contributed by atoms with Crippen LogP contribution in [0, 0.1) is 0 Å². The van der Waals surface area contributed by atoms with Crippen molar-refractivity contribution >= 4 is 55.3 Å². The Morgan fingerprint density at radius 1 is 0.385 bits per heavy atom. The van der Waals surface area contributed by atoms with Crippen molar-refractivity contribution in [3.63, 3.8) is 0 Å². The summed E-state index contributed by atoms with van der Waals surface area (Å²) in [5, 5.41) is 8.16. The minimum atomic E-state index is 0.908. The third kappa shape index (κ3) is 3.59.